The highest BCUT2D eigenvalue weighted by Gasteiger charge is 2.19. The summed E-state index contributed by atoms with van der Waals surface area (Å²) in [7, 11) is 1.73. The van der Waals surface area contributed by atoms with E-state index in [0.29, 0.717) is 0 Å². The van der Waals surface area contributed by atoms with Gasteiger partial charge in [-0.1, -0.05) is 12.1 Å². The van der Waals surface area contributed by atoms with E-state index in [2.05, 4.69) is 33.1 Å². The zero-order valence-electron chi connectivity index (χ0n) is 13.1. The number of rotatable bonds is 5. The number of hydrogen-bond donors (Lipinski definition) is 0. The summed E-state index contributed by atoms with van der Waals surface area (Å²) in [5.74, 6) is 1.73. The van der Waals surface area contributed by atoms with E-state index in [1.165, 1.54) is 24.0 Å². The molecule has 0 atom stereocenters. The van der Waals surface area contributed by atoms with Gasteiger partial charge in [-0.05, 0) is 56.0 Å². The molecule has 1 aliphatic heterocycles. The third-order valence-electron chi connectivity index (χ3n) is 4.39. The van der Waals surface area contributed by atoms with Crippen LogP contribution in [0.4, 0.5) is 0 Å². The zero-order chi connectivity index (χ0) is 15.2. The van der Waals surface area contributed by atoms with Crippen LogP contribution in [0.1, 0.15) is 24.0 Å². The van der Waals surface area contributed by atoms with Gasteiger partial charge in [-0.2, -0.15) is 0 Å². The van der Waals surface area contributed by atoms with Gasteiger partial charge in [0.1, 0.15) is 12.1 Å². The van der Waals surface area contributed by atoms with E-state index in [-0.39, 0.29) is 0 Å². The summed E-state index contributed by atoms with van der Waals surface area (Å²) in [5, 5.41) is 0. The van der Waals surface area contributed by atoms with Gasteiger partial charge in [0.15, 0.2) is 0 Å². The summed E-state index contributed by atoms with van der Waals surface area (Å²) in [6, 6.07) is 8.45. The maximum atomic E-state index is 5.31. The molecule has 0 saturated carbocycles. The molecule has 1 saturated heterocycles. The standard InChI is InChI=1S/C18H23N3O/c1-22-18-4-2-3-16(10-18)9-15-5-7-21(8-6-15)13-17-11-19-14-20-12-17/h2-4,10-12,14-15H,5-9,13H2,1H3. The summed E-state index contributed by atoms with van der Waals surface area (Å²) >= 11 is 0. The Bertz CT molecular complexity index is 580. The monoisotopic (exact) mass is 297 g/mol. The molecule has 1 aromatic carbocycles. The Morgan fingerprint density at radius 1 is 1.14 bits per heavy atom. The van der Waals surface area contributed by atoms with Crippen LogP contribution in [0.3, 0.4) is 0 Å². The normalized spacial score (nSPS) is 16.6. The van der Waals surface area contributed by atoms with E-state index in [9.17, 15) is 0 Å². The molecule has 0 bridgehead atoms. The van der Waals surface area contributed by atoms with E-state index in [4.69, 9.17) is 4.74 Å². The van der Waals surface area contributed by atoms with Crippen molar-refractivity contribution in [2.45, 2.75) is 25.8 Å². The molecule has 3 rings (SSSR count). The molecule has 4 heteroatoms. The Morgan fingerprint density at radius 3 is 2.64 bits per heavy atom. The molecule has 116 valence electrons. The van der Waals surface area contributed by atoms with Crippen LogP contribution in [0.5, 0.6) is 5.75 Å². The largest absolute Gasteiger partial charge is 0.497 e. The van der Waals surface area contributed by atoms with Crippen LogP contribution in [0, 0.1) is 5.92 Å². The van der Waals surface area contributed by atoms with Gasteiger partial charge in [0.2, 0.25) is 0 Å². The predicted molar refractivity (Wildman–Crippen MR) is 86.7 cm³/mol. The van der Waals surface area contributed by atoms with E-state index in [1.54, 1.807) is 13.4 Å². The van der Waals surface area contributed by atoms with Crippen LogP contribution in [0.2, 0.25) is 0 Å². The van der Waals surface area contributed by atoms with Crippen molar-refractivity contribution < 1.29 is 4.74 Å². The van der Waals surface area contributed by atoms with Crippen molar-refractivity contribution in [1.29, 1.82) is 0 Å². The molecule has 1 aromatic heterocycles. The summed E-state index contributed by atoms with van der Waals surface area (Å²) in [6.07, 6.45) is 9.07. The van der Waals surface area contributed by atoms with Gasteiger partial charge < -0.3 is 4.74 Å². The van der Waals surface area contributed by atoms with Crippen LogP contribution in [-0.2, 0) is 13.0 Å². The first-order chi connectivity index (χ1) is 10.8. The number of ether oxygens (including phenoxy) is 1. The van der Waals surface area contributed by atoms with Gasteiger partial charge in [-0.15, -0.1) is 0 Å². The van der Waals surface area contributed by atoms with Gasteiger partial charge >= 0.3 is 0 Å². The lowest BCUT2D eigenvalue weighted by atomic mass is 9.90. The summed E-state index contributed by atoms with van der Waals surface area (Å²) in [4.78, 5) is 10.7. The molecule has 2 heterocycles. The van der Waals surface area contributed by atoms with Crippen LogP contribution in [0.25, 0.3) is 0 Å². The maximum Gasteiger partial charge on any atom is 0.119 e. The molecule has 0 spiro atoms. The minimum atomic E-state index is 0.773. The molecule has 2 aromatic rings. The number of methoxy groups -OCH3 is 1. The van der Waals surface area contributed by atoms with Crippen molar-refractivity contribution in [3.63, 3.8) is 0 Å². The lowest BCUT2D eigenvalue weighted by molar-refractivity contribution is 0.176. The first-order valence-electron chi connectivity index (χ1n) is 7.92. The van der Waals surface area contributed by atoms with E-state index < -0.39 is 0 Å². The van der Waals surface area contributed by atoms with Crippen molar-refractivity contribution in [3.05, 3.63) is 54.1 Å². The highest BCUT2D eigenvalue weighted by molar-refractivity contribution is 5.28. The first-order valence-corrected chi connectivity index (χ1v) is 7.92. The molecule has 0 N–H and O–H groups in total. The second-order valence-electron chi connectivity index (χ2n) is 6.02. The molecule has 1 fully saturated rings. The van der Waals surface area contributed by atoms with Crippen LogP contribution in [0.15, 0.2) is 43.0 Å². The van der Waals surface area contributed by atoms with E-state index in [0.717, 1.165) is 37.7 Å². The fourth-order valence-electron chi connectivity index (χ4n) is 3.15. The highest BCUT2D eigenvalue weighted by atomic mass is 16.5. The fraction of sp³-hybridized carbons (Fsp3) is 0.444. The number of piperidine rings is 1. The quantitative estimate of drug-likeness (QED) is 0.850. The topological polar surface area (TPSA) is 38.2 Å². The Balaban J connectivity index is 1.49. The molecule has 0 amide bonds. The summed E-state index contributed by atoms with van der Waals surface area (Å²) < 4.78 is 5.31. The minimum absolute atomic E-state index is 0.773. The van der Waals surface area contributed by atoms with Gasteiger partial charge in [0.25, 0.3) is 0 Å². The molecule has 0 aliphatic carbocycles. The Hall–Kier alpha value is -1.94. The number of benzene rings is 1. The molecule has 22 heavy (non-hydrogen) atoms. The lowest BCUT2D eigenvalue weighted by Crippen LogP contribution is -2.33. The molecule has 0 unspecified atom stereocenters. The predicted octanol–water partition coefficient (Wildman–Crippen LogP) is 2.94. The number of hydrogen-bond acceptors (Lipinski definition) is 4. The average Bonchev–Trinajstić information content (AvgIpc) is 2.58. The van der Waals surface area contributed by atoms with Gasteiger partial charge in [0, 0.05) is 24.5 Å². The number of likely N-dealkylation sites (tertiary alicyclic amines) is 1. The highest BCUT2D eigenvalue weighted by Crippen LogP contribution is 2.24. The molecule has 1 aliphatic rings. The second-order valence-corrected chi connectivity index (χ2v) is 6.02. The Morgan fingerprint density at radius 2 is 1.91 bits per heavy atom. The lowest BCUT2D eigenvalue weighted by Gasteiger charge is -2.32. The van der Waals surface area contributed by atoms with Crippen molar-refractivity contribution in [3.8, 4) is 5.75 Å². The molecular formula is C18H23N3O. The Labute approximate surface area is 132 Å². The summed E-state index contributed by atoms with van der Waals surface area (Å²) in [5.41, 5.74) is 2.59. The molecule has 4 nitrogen and oxygen atoms in total. The van der Waals surface area contributed by atoms with Gasteiger partial charge in [-0.25, -0.2) is 9.97 Å². The fourth-order valence-corrected chi connectivity index (χ4v) is 3.15. The van der Waals surface area contributed by atoms with Gasteiger partial charge in [0.05, 0.1) is 7.11 Å². The first kappa shape index (κ1) is 15.0. The minimum Gasteiger partial charge on any atom is -0.497 e. The van der Waals surface area contributed by atoms with Crippen LogP contribution >= 0.6 is 0 Å². The molecular weight excluding hydrogens is 274 g/mol. The zero-order valence-corrected chi connectivity index (χ0v) is 13.1. The van der Waals surface area contributed by atoms with Crippen molar-refractivity contribution in [2.75, 3.05) is 20.2 Å². The van der Waals surface area contributed by atoms with Crippen molar-refractivity contribution >= 4 is 0 Å². The Kier molecular flexibility index (Phi) is 5.01. The van der Waals surface area contributed by atoms with Gasteiger partial charge in [-0.3, -0.25) is 4.90 Å². The molecule has 0 radical (unpaired) electrons. The van der Waals surface area contributed by atoms with Crippen molar-refractivity contribution in [1.82, 2.24) is 14.9 Å². The third kappa shape index (κ3) is 4.04. The van der Waals surface area contributed by atoms with E-state index in [1.807, 2.05) is 18.5 Å². The van der Waals surface area contributed by atoms with Crippen molar-refractivity contribution in [2.24, 2.45) is 5.92 Å². The van der Waals surface area contributed by atoms with Crippen LogP contribution in [-0.4, -0.2) is 35.1 Å². The maximum absolute atomic E-state index is 5.31. The summed E-state index contributed by atoms with van der Waals surface area (Å²) in [6.45, 7) is 3.28. The number of aromatic nitrogens is 2. The second kappa shape index (κ2) is 7.36. The third-order valence-corrected chi connectivity index (χ3v) is 4.39. The van der Waals surface area contributed by atoms with Crippen LogP contribution < -0.4 is 4.74 Å². The average molecular weight is 297 g/mol. The SMILES string of the molecule is COc1cccc(CC2CCN(Cc3cncnc3)CC2)c1. The van der Waals surface area contributed by atoms with E-state index >= 15 is 0 Å². The smallest absolute Gasteiger partial charge is 0.119 e. The number of nitrogens with zero attached hydrogens (tertiary/aromatic N) is 3.